The summed E-state index contributed by atoms with van der Waals surface area (Å²) in [5.41, 5.74) is 7.84. The molecule has 1 unspecified atom stereocenters. The van der Waals surface area contributed by atoms with E-state index in [2.05, 4.69) is 45.0 Å². The quantitative estimate of drug-likeness (QED) is 0.0538. The van der Waals surface area contributed by atoms with Crippen LogP contribution in [-0.4, -0.2) is 117 Å². The molecule has 4 atom stereocenters. The molecular weight excluding hydrogens is 1020 g/mol. The predicted molar refractivity (Wildman–Crippen MR) is 286 cm³/mol. The van der Waals surface area contributed by atoms with Gasteiger partial charge in [0, 0.05) is 65.5 Å². The Morgan fingerprint density at radius 2 is 1.65 bits per heavy atom. The Hall–Kier alpha value is -6.42. The minimum atomic E-state index is -1.00. The highest BCUT2D eigenvalue weighted by molar-refractivity contribution is 7.15. The summed E-state index contributed by atoms with van der Waals surface area (Å²) in [6, 6.07) is 16.7. The Balaban J connectivity index is 0.763. The highest BCUT2D eigenvalue weighted by Gasteiger charge is 2.44. The van der Waals surface area contributed by atoms with Crippen LogP contribution in [0.25, 0.3) is 15.4 Å². The number of aryl methyl sites for hydroxylation is 3. The molecule has 1 fully saturated rings. The number of aliphatic hydroxyl groups excluding tert-OH is 1. The van der Waals surface area contributed by atoms with Crippen LogP contribution >= 0.6 is 34.3 Å². The van der Waals surface area contributed by atoms with Crippen molar-refractivity contribution >= 4 is 69.3 Å². The van der Waals surface area contributed by atoms with Crippen LogP contribution in [0.1, 0.15) is 90.5 Å². The van der Waals surface area contributed by atoms with E-state index < -0.39 is 53.2 Å². The maximum absolute atomic E-state index is 14.9. The molecule has 0 bridgehead atoms. The lowest BCUT2D eigenvalue weighted by molar-refractivity contribution is -0.144. The number of carbonyl (C=O) groups excluding carboxylic acids is 4. The first-order valence-corrected chi connectivity index (χ1v) is 26.7. The molecule has 1 saturated heterocycles. The third-order valence-electron chi connectivity index (χ3n) is 13.0. The van der Waals surface area contributed by atoms with Crippen LogP contribution in [0.2, 0.25) is 5.02 Å². The van der Waals surface area contributed by atoms with Gasteiger partial charge in [0.15, 0.2) is 17.4 Å². The number of nitrogens with zero attached hydrogens (tertiary/aromatic N) is 6. The molecule has 3 aromatic heterocycles. The molecule has 0 saturated carbocycles. The molecule has 6 aromatic rings. The van der Waals surface area contributed by atoms with Gasteiger partial charge in [-0.1, -0.05) is 68.8 Å². The number of carbonyl (C=O) groups is 4. The first-order valence-electron chi connectivity index (χ1n) is 24.6. The average Bonchev–Trinajstić information content (AvgIpc) is 4.14. The number of β-amino-alcohol motifs (C(OH)–C–C–N with tert-alkyl or cyclic N) is 1. The summed E-state index contributed by atoms with van der Waals surface area (Å²) in [5, 5.41) is 29.5. The molecule has 4 N–H and O–H groups in total. The Kier molecular flexibility index (Phi) is 17.6. The third kappa shape index (κ3) is 13.2. The fourth-order valence-electron chi connectivity index (χ4n) is 8.94. The predicted octanol–water partition coefficient (Wildman–Crippen LogP) is 8.01. The van der Waals surface area contributed by atoms with Crippen LogP contribution in [0.3, 0.4) is 0 Å². The van der Waals surface area contributed by atoms with Gasteiger partial charge in [0.2, 0.25) is 23.6 Å². The second-order valence-electron chi connectivity index (χ2n) is 19.6. The van der Waals surface area contributed by atoms with E-state index in [0.717, 1.165) is 54.0 Å². The topological polar surface area (TPSA) is 211 Å². The van der Waals surface area contributed by atoms with Gasteiger partial charge in [0.1, 0.15) is 42.2 Å². The number of fused-ring (bicyclic) bond motifs is 3. The number of benzene rings is 3. The normalized spacial score (nSPS) is 16.6. The first-order chi connectivity index (χ1) is 35.9. The number of anilines is 1. The zero-order valence-electron chi connectivity index (χ0n) is 42.9. The fraction of sp³-hybridized carbons (Fsp3) is 0.407. The molecule has 5 heterocycles. The molecule has 8 rings (SSSR count). The van der Waals surface area contributed by atoms with Crippen molar-refractivity contribution in [3.63, 3.8) is 0 Å². The van der Waals surface area contributed by atoms with Crippen molar-refractivity contribution in [3.05, 3.63) is 128 Å². The van der Waals surface area contributed by atoms with Crippen molar-refractivity contribution in [1.29, 1.82) is 0 Å². The molecule has 21 heteroatoms. The Morgan fingerprint density at radius 3 is 2.37 bits per heavy atom. The van der Waals surface area contributed by atoms with Gasteiger partial charge >= 0.3 is 0 Å². The van der Waals surface area contributed by atoms with E-state index in [0.29, 0.717) is 28.8 Å². The summed E-state index contributed by atoms with van der Waals surface area (Å²) in [6.07, 6.45) is -0.473. The second kappa shape index (κ2) is 24.1. The summed E-state index contributed by atoms with van der Waals surface area (Å²) < 4.78 is 33.8. The SMILES string of the molecule is Cc1ncsc1-c1ccc(CNC(=O)[C@@H]2C[C@@H](O)CN2C(=O)[C@@H](NC(=O)COCCCOCCOc2cc(NC(=O)CC3N=C(c4ccc(Cl)cc4)c4c(sc(C)c4C)-n4c(C)nnc43)ccc2F)C(C)(C)C)cc1. The van der Waals surface area contributed by atoms with E-state index >= 15 is 0 Å². The van der Waals surface area contributed by atoms with Crippen LogP contribution in [0.5, 0.6) is 5.75 Å². The number of aliphatic imine (C=N–C) groups is 1. The Labute approximate surface area is 447 Å². The van der Waals surface area contributed by atoms with E-state index in [-0.39, 0.29) is 70.6 Å². The Morgan fingerprint density at radius 1 is 0.920 bits per heavy atom. The van der Waals surface area contributed by atoms with E-state index in [1.807, 2.05) is 75.6 Å². The van der Waals surface area contributed by atoms with Crippen molar-refractivity contribution in [1.82, 2.24) is 35.3 Å². The van der Waals surface area contributed by atoms with Gasteiger partial charge < -0.3 is 40.2 Å². The van der Waals surface area contributed by atoms with Crippen molar-refractivity contribution < 1.29 is 42.9 Å². The van der Waals surface area contributed by atoms with Crippen molar-refractivity contribution in [2.75, 3.05) is 44.9 Å². The van der Waals surface area contributed by atoms with E-state index in [1.54, 1.807) is 40.3 Å². The van der Waals surface area contributed by atoms with Crippen LogP contribution < -0.4 is 20.7 Å². The molecule has 0 spiro atoms. The fourth-order valence-corrected chi connectivity index (χ4v) is 11.1. The third-order valence-corrected chi connectivity index (χ3v) is 15.4. The number of aliphatic hydroxyl groups is 1. The van der Waals surface area contributed by atoms with E-state index in [9.17, 15) is 28.7 Å². The van der Waals surface area contributed by atoms with Crippen LogP contribution in [-0.2, 0) is 35.2 Å². The summed E-state index contributed by atoms with van der Waals surface area (Å²) in [4.78, 5) is 67.3. The molecule has 2 aliphatic heterocycles. The number of thiophene rings is 1. The highest BCUT2D eigenvalue weighted by Crippen LogP contribution is 2.40. The molecule has 0 radical (unpaired) electrons. The first kappa shape index (κ1) is 54.8. The van der Waals surface area contributed by atoms with Gasteiger partial charge in [0.25, 0.3) is 0 Å². The molecule has 0 aliphatic carbocycles. The van der Waals surface area contributed by atoms with Crippen molar-refractivity contribution in [3.8, 4) is 21.2 Å². The Bertz CT molecular complexity index is 3060. The maximum atomic E-state index is 14.9. The van der Waals surface area contributed by atoms with Crippen LogP contribution in [0.4, 0.5) is 10.1 Å². The van der Waals surface area contributed by atoms with Gasteiger partial charge in [-0.25, -0.2) is 9.37 Å². The van der Waals surface area contributed by atoms with E-state index in [4.69, 9.17) is 30.8 Å². The number of halogens is 2. The summed E-state index contributed by atoms with van der Waals surface area (Å²) in [7, 11) is 0. The molecule has 396 valence electrons. The monoisotopic (exact) mass is 1080 g/mol. The lowest BCUT2D eigenvalue weighted by Gasteiger charge is -2.35. The van der Waals surface area contributed by atoms with Crippen molar-refractivity contribution in [2.45, 2.75) is 98.5 Å². The summed E-state index contributed by atoms with van der Waals surface area (Å²) >= 11 is 9.43. The number of ether oxygens (including phenoxy) is 3. The highest BCUT2D eigenvalue weighted by atomic mass is 35.5. The van der Waals surface area contributed by atoms with Gasteiger partial charge in [0.05, 0.1) is 40.9 Å². The van der Waals surface area contributed by atoms with Crippen LogP contribution in [0.15, 0.2) is 77.2 Å². The van der Waals surface area contributed by atoms with Crippen molar-refractivity contribution in [2.24, 2.45) is 10.4 Å². The van der Waals surface area contributed by atoms with Gasteiger partial charge in [-0.3, -0.25) is 28.7 Å². The lowest BCUT2D eigenvalue weighted by atomic mass is 9.85. The minimum Gasteiger partial charge on any atom is -0.488 e. The van der Waals surface area contributed by atoms with Gasteiger partial charge in [-0.2, -0.15) is 0 Å². The van der Waals surface area contributed by atoms with Crippen LogP contribution in [0, 0.1) is 38.9 Å². The van der Waals surface area contributed by atoms with Gasteiger partial charge in [-0.15, -0.1) is 32.9 Å². The largest absolute Gasteiger partial charge is 0.488 e. The second-order valence-corrected chi connectivity index (χ2v) is 22.1. The number of aromatic nitrogens is 4. The molecule has 3 aromatic carbocycles. The molecule has 2 aliphatic rings. The number of nitrogens with one attached hydrogen (secondary N) is 3. The lowest BCUT2D eigenvalue weighted by Crippen LogP contribution is -2.58. The zero-order chi connectivity index (χ0) is 53.6. The molecule has 17 nitrogen and oxygen atoms in total. The molecule has 75 heavy (non-hydrogen) atoms. The smallest absolute Gasteiger partial charge is 0.246 e. The summed E-state index contributed by atoms with van der Waals surface area (Å²) in [6.45, 7) is 13.8. The molecule has 4 amide bonds. The molecular formula is C54H61ClFN9O8S2. The number of likely N-dealkylation sites (tertiary alicyclic amines) is 1. The maximum Gasteiger partial charge on any atom is 0.246 e. The zero-order valence-corrected chi connectivity index (χ0v) is 45.3. The summed E-state index contributed by atoms with van der Waals surface area (Å²) in [5.74, 6) is -1.24. The van der Waals surface area contributed by atoms with Gasteiger partial charge in [-0.05, 0) is 80.5 Å². The number of amides is 4. The van der Waals surface area contributed by atoms with E-state index in [1.165, 1.54) is 23.1 Å². The average molecular weight is 1080 g/mol. The minimum absolute atomic E-state index is 0.0147. The number of hydrogen-bond donors (Lipinski definition) is 4. The number of thiazole rings is 1. The number of rotatable bonds is 20. The standard InChI is InChI=1S/C54H61ClFN9O8S2/c1-30-32(3)75-53-46(30)47(35-13-15-37(55)16-14-35)60-41(50-63-62-33(4)65(50)53)25-44(67)59-38-17-18-40(56)43(23-38)73-22-21-71-19-8-20-72-28-45(68)61-49(54(5,6)7)52(70)64-27-39(66)24-42(64)51(69)57-26-34-9-11-36(12-10-34)48-31(2)58-29-74-48/h9-18,23,29,39,41-42,49,66H,8,19-22,24-28H2,1-7H3,(H,57,69)(H,59,67)(H,61,68)/t39-,41?,42+,49-/m1/s1. The number of hydrogen-bond acceptors (Lipinski definition) is 14.